The van der Waals surface area contributed by atoms with Gasteiger partial charge in [-0.2, -0.15) is 4.98 Å². The molecule has 0 unspecified atom stereocenters. The van der Waals surface area contributed by atoms with Crippen LogP contribution in [0.2, 0.25) is 0 Å². The normalized spacial score (nSPS) is 11.8. The lowest BCUT2D eigenvalue weighted by molar-refractivity contribution is 0.126. The van der Waals surface area contributed by atoms with Gasteiger partial charge in [-0.1, -0.05) is 6.92 Å². The first kappa shape index (κ1) is 12.7. The van der Waals surface area contributed by atoms with Gasteiger partial charge in [0.1, 0.15) is 11.4 Å². The Bertz CT molecular complexity index is 527. The molecule has 0 bridgehead atoms. The van der Waals surface area contributed by atoms with Crippen LogP contribution in [0.1, 0.15) is 34.1 Å². The highest BCUT2D eigenvalue weighted by Crippen LogP contribution is 2.22. The van der Waals surface area contributed by atoms with Gasteiger partial charge in [-0.25, -0.2) is 4.98 Å². The molecule has 0 aliphatic heterocycles. The van der Waals surface area contributed by atoms with Gasteiger partial charge in [0.05, 0.1) is 6.20 Å². The highest BCUT2D eigenvalue weighted by molar-refractivity contribution is 5.53. The van der Waals surface area contributed by atoms with E-state index in [9.17, 15) is 0 Å². The number of aromatic nitrogens is 3. The molecule has 0 spiro atoms. The molecule has 0 aliphatic rings. The fourth-order valence-corrected chi connectivity index (χ4v) is 1.60. The average molecular weight is 248 g/mol. The summed E-state index contributed by atoms with van der Waals surface area (Å²) in [6.07, 6.45) is 6.62. The van der Waals surface area contributed by atoms with E-state index in [1.807, 2.05) is 37.6 Å². The van der Waals surface area contributed by atoms with Gasteiger partial charge in [-0.15, -0.1) is 0 Å². The minimum absolute atomic E-state index is 0.289. The zero-order valence-corrected chi connectivity index (χ0v) is 11.4. The van der Waals surface area contributed by atoms with Crippen molar-refractivity contribution >= 4 is 11.5 Å². The molecule has 0 atom stereocenters. The zero-order valence-electron chi connectivity index (χ0n) is 11.4. The Balaban J connectivity index is 2.38. The Labute approximate surface area is 107 Å². The van der Waals surface area contributed by atoms with Crippen LogP contribution in [0.15, 0.2) is 18.6 Å². The van der Waals surface area contributed by atoms with Crippen LogP contribution in [0.4, 0.5) is 5.82 Å². The van der Waals surface area contributed by atoms with Gasteiger partial charge in [0.15, 0.2) is 0 Å². The van der Waals surface area contributed by atoms with Gasteiger partial charge >= 0.3 is 0 Å². The second-order valence-electron chi connectivity index (χ2n) is 5.23. The van der Waals surface area contributed by atoms with Crippen molar-refractivity contribution in [2.45, 2.75) is 39.7 Å². The Kier molecular flexibility index (Phi) is 3.41. The van der Waals surface area contributed by atoms with Crippen molar-refractivity contribution in [3.05, 3.63) is 18.6 Å². The number of anilines is 1. The molecular weight excluding hydrogens is 228 g/mol. The molecule has 0 saturated heterocycles. The number of nitrogens with zero attached hydrogens (tertiary/aromatic N) is 3. The highest BCUT2D eigenvalue weighted by atomic mass is 16.5. The summed E-state index contributed by atoms with van der Waals surface area (Å²) in [5.74, 6) is 1.37. The van der Waals surface area contributed by atoms with Crippen molar-refractivity contribution in [3.8, 4) is 5.88 Å². The number of fused-ring (bicyclic) bond motifs is 1. The summed E-state index contributed by atoms with van der Waals surface area (Å²) in [6, 6.07) is 0. The second kappa shape index (κ2) is 4.84. The molecule has 1 N–H and O–H groups in total. The maximum absolute atomic E-state index is 5.86. The summed E-state index contributed by atoms with van der Waals surface area (Å²) in [6.45, 7) is 9.01. The Morgan fingerprint density at radius 2 is 2.17 bits per heavy atom. The van der Waals surface area contributed by atoms with Crippen molar-refractivity contribution < 1.29 is 4.74 Å². The fraction of sp³-hybridized carbons (Fsp3) is 0.538. The Morgan fingerprint density at radius 3 is 2.83 bits per heavy atom. The molecule has 5 heteroatoms. The number of imidazole rings is 1. The van der Waals surface area contributed by atoms with Gasteiger partial charge < -0.3 is 10.1 Å². The molecule has 98 valence electrons. The van der Waals surface area contributed by atoms with Crippen molar-refractivity contribution in [3.63, 3.8) is 0 Å². The standard InChI is InChI=1S/C13H20N4O/c1-5-6-14-10-9-17-8-7-15-11(17)12(16-10)18-13(2,3)4/h7-9,14H,5-6H2,1-4H3. The molecule has 0 saturated carbocycles. The van der Waals surface area contributed by atoms with E-state index >= 15 is 0 Å². The van der Waals surface area contributed by atoms with Crippen LogP contribution in [0.5, 0.6) is 5.88 Å². The third-order valence-electron chi connectivity index (χ3n) is 2.30. The highest BCUT2D eigenvalue weighted by Gasteiger charge is 2.17. The summed E-state index contributed by atoms with van der Waals surface area (Å²) in [4.78, 5) is 8.75. The van der Waals surface area contributed by atoms with Crippen LogP contribution in [-0.4, -0.2) is 26.5 Å². The van der Waals surface area contributed by atoms with E-state index in [4.69, 9.17) is 4.74 Å². The van der Waals surface area contributed by atoms with Crippen molar-refractivity contribution in [1.82, 2.24) is 14.4 Å². The van der Waals surface area contributed by atoms with Crippen LogP contribution < -0.4 is 10.1 Å². The summed E-state index contributed by atoms with van der Waals surface area (Å²) in [5, 5.41) is 3.26. The predicted octanol–water partition coefficient (Wildman–Crippen LogP) is 2.73. The molecule has 0 radical (unpaired) electrons. The maximum atomic E-state index is 5.86. The number of ether oxygens (including phenoxy) is 1. The van der Waals surface area contributed by atoms with Crippen molar-refractivity contribution in [1.29, 1.82) is 0 Å². The lowest BCUT2D eigenvalue weighted by atomic mass is 10.2. The molecule has 18 heavy (non-hydrogen) atoms. The van der Waals surface area contributed by atoms with Gasteiger partial charge in [0.25, 0.3) is 5.88 Å². The smallest absolute Gasteiger partial charge is 0.260 e. The number of nitrogens with one attached hydrogen (secondary N) is 1. The predicted molar refractivity (Wildman–Crippen MR) is 72.1 cm³/mol. The largest absolute Gasteiger partial charge is 0.469 e. The minimum Gasteiger partial charge on any atom is -0.469 e. The molecule has 5 nitrogen and oxygen atoms in total. The molecule has 0 amide bonds. The van der Waals surface area contributed by atoms with E-state index in [2.05, 4.69) is 22.2 Å². The fourth-order valence-electron chi connectivity index (χ4n) is 1.60. The van der Waals surface area contributed by atoms with E-state index < -0.39 is 0 Å². The van der Waals surface area contributed by atoms with Crippen LogP contribution in [-0.2, 0) is 0 Å². The molecule has 0 aromatic carbocycles. The monoisotopic (exact) mass is 248 g/mol. The molecule has 0 fully saturated rings. The second-order valence-corrected chi connectivity index (χ2v) is 5.23. The molecular formula is C13H20N4O. The summed E-state index contributed by atoms with van der Waals surface area (Å²) in [7, 11) is 0. The Hall–Kier alpha value is -1.78. The van der Waals surface area contributed by atoms with Crippen LogP contribution in [0.3, 0.4) is 0 Å². The van der Waals surface area contributed by atoms with E-state index in [0.717, 1.165) is 24.4 Å². The molecule has 0 aliphatic carbocycles. The first-order valence-electron chi connectivity index (χ1n) is 6.26. The molecule has 2 heterocycles. The van der Waals surface area contributed by atoms with Gasteiger partial charge in [0, 0.05) is 18.9 Å². The van der Waals surface area contributed by atoms with E-state index in [1.54, 1.807) is 6.20 Å². The quantitative estimate of drug-likeness (QED) is 0.904. The van der Waals surface area contributed by atoms with Crippen LogP contribution in [0, 0.1) is 0 Å². The van der Waals surface area contributed by atoms with E-state index in [-0.39, 0.29) is 5.60 Å². The number of hydrogen-bond donors (Lipinski definition) is 1. The summed E-state index contributed by atoms with van der Waals surface area (Å²) < 4.78 is 7.78. The number of rotatable bonds is 4. The zero-order chi connectivity index (χ0) is 13.2. The molecule has 2 aromatic rings. The van der Waals surface area contributed by atoms with Crippen molar-refractivity contribution in [2.24, 2.45) is 0 Å². The SMILES string of the molecule is CCCNc1cn2ccnc2c(OC(C)(C)C)n1. The van der Waals surface area contributed by atoms with Crippen LogP contribution >= 0.6 is 0 Å². The third-order valence-corrected chi connectivity index (χ3v) is 2.30. The first-order valence-corrected chi connectivity index (χ1v) is 6.26. The van der Waals surface area contributed by atoms with E-state index in [0.29, 0.717) is 5.88 Å². The maximum Gasteiger partial charge on any atom is 0.260 e. The third kappa shape index (κ3) is 2.91. The van der Waals surface area contributed by atoms with Gasteiger partial charge in [-0.3, -0.25) is 4.40 Å². The lowest BCUT2D eigenvalue weighted by Gasteiger charge is -2.21. The van der Waals surface area contributed by atoms with Gasteiger partial charge in [-0.05, 0) is 27.2 Å². The topological polar surface area (TPSA) is 51.5 Å². The van der Waals surface area contributed by atoms with Crippen LogP contribution in [0.25, 0.3) is 5.65 Å². The Morgan fingerprint density at radius 1 is 1.39 bits per heavy atom. The lowest BCUT2D eigenvalue weighted by Crippen LogP contribution is -2.24. The molecule has 2 rings (SSSR count). The van der Waals surface area contributed by atoms with Crippen molar-refractivity contribution in [2.75, 3.05) is 11.9 Å². The van der Waals surface area contributed by atoms with E-state index in [1.165, 1.54) is 0 Å². The minimum atomic E-state index is -0.289. The summed E-state index contributed by atoms with van der Waals surface area (Å²) >= 11 is 0. The number of hydrogen-bond acceptors (Lipinski definition) is 4. The summed E-state index contributed by atoms with van der Waals surface area (Å²) in [5.41, 5.74) is 0.454. The first-order chi connectivity index (χ1) is 8.49. The molecule has 2 aromatic heterocycles. The van der Waals surface area contributed by atoms with Gasteiger partial charge in [0.2, 0.25) is 5.65 Å². The average Bonchev–Trinajstić information content (AvgIpc) is 2.72.